The van der Waals surface area contributed by atoms with Crippen LogP contribution in [-0.2, 0) is 9.53 Å². The topological polar surface area (TPSA) is 26.3 Å². The third kappa shape index (κ3) is 2.25. The summed E-state index contributed by atoms with van der Waals surface area (Å²) in [5.74, 6) is 0.340. The van der Waals surface area contributed by atoms with Gasteiger partial charge in [0, 0.05) is 11.5 Å². The summed E-state index contributed by atoms with van der Waals surface area (Å²) in [6, 6.07) is 0. The quantitative estimate of drug-likeness (QED) is 0.507. The van der Waals surface area contributed by atoms with Crippen LogP contribution in [0.3, 0.4) is 0 Å². The van der Waals surface area contributed by atoms with Gasteiger partial charge in [-0.25, -0.2) is 4.79 Å². The fraction of sp³-hybridized carbons (Fsp3) is 0.583. The van der Waals surface area contributed by atoms with Crippen LogP contribution < -0.4 is 0 Å². The molecule has 2 aliphatic rings. The average molecular weight is 192 g/mol. The summed E-state index contributed by atoms with van der Waals surface area (Å²) in [7, 11) is 0. The molecule has 1 unspecified atom stereocenters. The van der Waals surface area contributed by atoms with Crippen molar-refractivity contribution in [3.63, 3.8) is 0 Å². The molecule has 14 heavy (non-hydrogen) atoms. The summed E-state index contributed by atoms with van der Waals surface area (Å²) in [5, 5.41) is 0. The lowest BCUT2D eigenvalue weighted by Gasteiger charge is -2.11. The second kappa shape index (κ2) is 3.99. The van der Waals surface area contributed by atoms with Gasteiger partial charge < -0.3 is 4.74 Å². The minimum absolute atomic E-state index is 0.107. The molecule has 2 nitrogen and oxygen atoms in total. The number of carbonyl (C=O) groups excluding carboxylic acids is 1. The molecule has 0 saturated heterocycles. The monoisotopic (exact) mass is 192 g/mol. The van der Waals surface area contributed by atoms with Crippen LogP contribution in [0.25, 0.3) is 0 Å². The van der Waals surface area contributed by atoms with E-state index < -0.39 is 0 Å². The molecule has 0 spiro atoms. The molecule has 0 aromatic carbocycles. The Labute approximate surface area is 84.6 Å². The van der Waals surface area contributed by atoms with Crippen molar-refractivity contribution in [3.8, 4) is 0 Å². The number of esters is 1. The number of carbonyl (C=O) groups is 1. The molecule has 0 amide bonds. The number of hydrogen-bond acceptors (Lipinski definition) is 2. The van der Waals surface area contributed by atoms with Gasteiger partial charge in [-0.2, -0.15) is 0 Å². The van der Waals surface area contributed by atoms with Crippen LogP contribution in [0.5, 0.6) is 0 Å². The van der Waals surface area contributed by atoms with Gasteiger partial charge in [0.1, 0.15) is 0 Å². The molecule has 0 aromatic heterocycles. The molecule has 0 N–H and O–H groups in total. The first kappa shape index (κ1) is 9.50. The summed E-state index contributed by atoms with van der Waals surface area (Å²) >= 11 is 0. The lowest BCUT2D eigenvalue weighted by molar-refractivity contribution is -0.139. The Morgan fingerprint density at radius 3 is 2.93 bits per heavy atom. The Hall–Kier alpha value is -1.05. The molecule has 1 fully saturated rings. The zero-order valence-corrected chi connectivity index (χ0v) is 8.42. The average Bonchev–Trinajstić information content (AvgIpc) is 2.92. The van der Waals surface area contributed by atoms with Crippen molar-refractivity contribution in [3.05, 3.63) is 23.8 Å². The van der Waals surface area contributed by atoms with E-state index in [1.807, 2.05) is 6.08 Å². The van der Waals surface area contributed by atoms with Crippen LogP contribution in [0.2, 0.25) is 0 Å². The summed E-state index contributed by atoms with van der Waals surface area (Å²) in [6.07, 6.45) is 7.30. The van der Waals surface area contributed by atoms with E-state index in [4.69, 9.17) is 4.74 Å². The van der Waals surface area contributed by atoms with E-state index in [1.165, 1.54) is 12.0 Å². The smallest absolute Gasteiger partial charge is 0.333 e. The van der Waals surface area contributed by atoms with E-state index in [1.54, 1.807) is 0 Å². The molecule has 2 rings (SSSR count). The standard InChI is InChI=1S/C12H16O2/c1-9-7-11(9)8-14-12(13)10-5-3-2-4-6-10/h5,11H,1-4,6-8H2. The molecule has 0 radical (unpaired) electrons. The summed E-state index contributed by atoms with van der Waals surface area (Å²) in [6.45, 7) is 4.37. The number of allylic oxidation sites excluding steroid dienone is 1. The maximum absolute atomic E-state index is 11.5. The van der Waals surface area contributed by atoms with Gasteiger partial charge in [-0.05, 0) is 32.1 Å². The predicted molar refractivity (Wildman–Crippen MR) is 54.8 cm³/mol. The Morgan fingerprint density at radius 1 is 1.57 bits per heavy atom. The molecule has 2 heteroatoms. The molecule has 1 atom stereocenters. The van der Waals surface area contributed by atoms with Crippen LogP contribution in [0.15, 0.2) is 23.8 Å². The summed E-state index contributed by atoms with van der Waals surface area (Å²) < 4.78 is 5.21. The zero-order valence-electron chi connectivity index (χ0n) is 8.42. The first-order chi connectivity index (χ1) is 6.77. The lowest BCUT2D eigenvalue weighted by Crippen LogP contribution is -2.11. The Kier molecular flexibility index (Phi) is 2.71. The molecular formula is C12H16O2. The molecule has 0 bridgehead atoms. The first-order valence-corrected chi connectivity index (χ1v) is 5.31. The van der Waals surface area contributed by atoms with Crippen LogP contribution in [0.4, 0.5) is 0 Å². The Bertz CT molecular complexity index is 289. The van der Waals surface area contributed by atoms with Crippen LogP contribution in [0.1, 0.15) is 32.1 Å². The predicted octanol–water partition coefficient (Wildman–Crippen LogP) is 2.61. The molecular weight excluding hydrogens is 176 g/mol. The van der Waals surface area contributed by atoms with Crippen LogP contribution >= 0.6 is 0 Å². The fourth-order valence-electron chi connectivity index (χ4n) is 1.73. The minimum atomic E-state index is -0.107. The number of hydrogen-bond donors (Lipinski definition) is 0. The Balaban J connectivity index is 1.77. The second-order valence-electron chi connectivity index (χ2n) is 4.13. The highest BCUT2D eigenvalue weighted by Gasteiger charge is 2.29. The van der Waals surface area contributed by atoms with Gasteiger partial charge in [-0.15, -0.1) is 0 Å². The molecule has 0 heterocycles. The third-order valence-corrected chi connectivity index (χ3v) is 2.89. The molecule has 2 aliphatic carbocycles. The van der Waals surface area contributed by atoms with Gasteiger partial charge in [0.15, 0.2) is 0 Å². The van der Waals surface area contributed by atoms with E-state index in [0.29, 0.717) is 12.5 Å². The first-order valence-electron chi connectivity index (χ1n) is 5.31. The molecule has 76 valence electrons. The van der Waals surface area contributed by atoms with E-state index in [0.717, 1.165) is 31.3 Å². The molecule has 1 saturated carbocycles. The highest BCUT2D eigenvalue weighted by molar-refractivity contribution is 5.88. The van der Waals surface area contributed by atoms with Crippen molar-refractivity contribution >= 4 is 5.97 Å². The van der Waals surface area contributed by atoms with E-state index in [-0.39, 0.29) is 5.97 Å². The highest BCUT2D eigenvalue weighted by atomic mass is 16.5. The highest BCUT2D eigenvalue weighted by Crippen LogP contribution is 2.35. The van der Waals surface area contributed by atoms with Gasteiger partial charge in [-0.3, -0.25) is 0 Å². The normalized spacial score (nSPS) is 25.6. The van der Waals surface area contributed by atoms with Crippen molar-refractivity contribution in [2.24, 2.45) is 5.92 Å². The van der Waals surface area contributed by atoms with Crippen molar-refractivity contribution in [2.45, 2.75) is 32.1 Å². The second-order valence-corrected chi connectivity index (χ2v) is 4.13. The fourth-order valence-corrected chi connectivity index (χ4v) is 1.73. The van der Waals surface area contributed by atoms with E-state index in [2.05, 4.69) is 6.58 Å². The van der Waals surface area contributed by atoms with Gasteiger partial charge in [-0.1, -0.05) is 18.2 Å². The van der Waals surface area contributed by atoms with Crippen molar-refractivity contribution in [1.82, 2.24) is 0 Å². The lowest BCUT2D eigenvalue weighted by atomic mass is 10.00. The summed E-state index contributed by atoms with van der Waals surface area (Å²) in [4.78, 5) is 11.5. The molecule has 0 aliphatic heterocycles. The number of rotatable bonds is 3. The Morgan fingerprint density at radius 2 is 2.36 bits per heavy atom. The van der Waals surface area contributed by atoms with Gasteiger partial charge in [0.05, 0.1) is 6.61 Å². The third-order valence-electron chi connectivity index (χ3n) is 2.89. The molecule has 0 aromatic rings. The van der Waals surface area contributed by atoms with Crippen molar-refractivity contribution in [1.29, 1.82) is 0 Å². The van der Waals surface area contributed by atoms with Gasteiger partial charge >= 0.3 is 5.97 Å². The van der Waals surface area contributed by atoms with Crippen LogP contribution in [-0.4, -0.2) is 12.6 Å². The maximum atomic E-state index is 11.5. The van der Waals surface area contributed by atoms with Gasteiger partial charge in [0.2, 0.25) is 0 Å². The largest absolute Gasteiger partial charge is 0.462 e. The van der Waals surface area contributed by atoms with Gasteiger partial charge in [0.25, 0.3) is 0 Å². The van der Waals surface area contributed by atoms with Crippen molar-refractivity contribution < 1.29 is 9.53 Å². The number of ether oxygens (including phenoxy) is 1. The SMILES string of the molecule is C=C1CC1COC(=O)C1=CCCCC1. The van der Waals surface area contributed by atoms with Crippen LogP contribution in [0, 0.1) is 5.92 Å². The maximum Gasteiger partial charge on any atom is 0.333 e. The van der Waals surface area contributed by atoms with Crippen molar-refractivity contribution in [2.75, 3.05) is 6.61 Å². The minimum Gasteiger partial charge on any atom is -0.462 e. The van der Waals surface area contributed by atoms with E-state index >= 15 is 0 Å². The summed E-state index contributed by atoms with van der Waals surface area (Å²) in [5.41, 5.74) is 2.10. The van der Waals surface area contributed by atoms with E-state index in [9.17, 15) is 4.79 Å². The zero-order chi connectivity index (χ0) is 9.97.